The summed E-state index contributed by atoms with van der Waals surface area (Å²) >= 11 is 0. The molecule has 0 saturated carbocycles. The molecule has 0 aliphatic heterocycles. The first kappa shape index (κ1) is 13.7. The summed E-state index contributed by atoms with van der Waals surface area (Å²) in [5.74, 6) is -0.163. The lowest BCUT2D eigenvalue weighted by atomic mass is 10.1. The summed E-state index contributed by atoms with van der Waals surface area (Å²) in [5.41, 5.74) is 1.56. The molecule has 104 valence electrons. The number of anilines is 1. The van der Waals surface area contributed by atoms with Crippen molar-refractivity contribution in [2.75, 3.05) is 12.4 Å². The fraction of sp³-hybridized carbons (Fsp3) is 0.133. The van der Waals surface area contributed by atoms with E-state index in [9.17, 15) is 9.90 Å². The van der Waals surface area contributed by atoms with Crippen LogP contribution in [0.4, 0.5) is 5.69 Å². The van der Waals surface area contributed by atoms with E-state index in [-0.39, 0.29) is 11.3 Å². The van der Waals surface area contributed by atoms with Crippen molar-refractivity contribution < 1.29 is 19.7 Å². The molecule has 0 bridgehead atoms. The van der Waals surface area contributed by atoms with Crippen LogP contribution >= 0.6 is 0 Å². The molecule has 2 rings (SSSR count). The second-order valence-corrected chi connectivity index (χ2v) is 4.23. The summed E-state index contributed by atoms with van der Waals surface area (Å²) in [6, 6.07) is 11.5. The van der Waals surface area contributed by atoms with Gasteiger partial charge in [-0.25, -0.2) is 4.79 Å². The van der Waals surface area contributed by atoms with Gasteiger partial charge in [-0.05, 0) is 36.4 Å². The third-order valence-electron chi connectivity index (χ3n) is 2.88. The smallest absolute Gasteiger partial charge is 0.335 e. The highest BCUT2D eigenvalue weighted by molar-refractivity contribution is 5.88. The number of phenolic OH excluding ortho intramolecular Hbond substituents is 1. The molecule has 0 unspecified atom stereocenters. The third kappa shape index (κ3) is 3.20. The Labute approximate surface area is 116 Å². The van der Waals surface area contributed by atoms with Crippen molar-refractivity contribution in [2.24, 2.45) is 0 Å². The number of carboxylic acid groups (broad SMARTS) is 1. The van der Waals surface area contributed by atoms with E-state index in [2.05, 4.69) is 5.32 Å². The van der Waals surface area contributed by atoms with Gasteiger partial charge in [-0.1, -0.05) is 6.07 Å². The predicted molar refractivity (Wildman–Crippen MR) is 75.4 cm³/mol. The van der Waals surface area contributed by atoms with E-state index >= 15 is 0 Å². The van der Waals surface area contributed by atoms with Crippen molar-refractivity contribution in [1.82, 2.24) is 0 Å². The van der Waals surface area contributed by atoms with Crippen molar-refractivity contribution in [3.8, 4) is 11.5 Å². The first-order valence-corrected chi connectivity index (χ1v) is 6.03. The quantitative estimate of drug-likeness (QED) is 0.780. The normalized spacial score (nSPS) is 10.1. The molecule has 0 heterocycles. The van der Waals surface area contributed by atoms with Crippen molar-refractivity contribution in [2.45, 2.75) is 6.54 Å². The lowest BCUT2D eigenvalue weighted by Crippen LogP contribution is -2.02. The van der Waals surface area contributed by atoms with Crippen LogP contribution in [-0.4, -0.2) is 23.3 Å². The second-order valence-electron chi connectivity index (χ2n) is 4.23. The van der Waals surface area contributed by atoms with Gasteiger partial charge in [0.05, 0.1) is 12.7 Å². The number of methoxy groups -OCH3 is 1. The van der Waals surface area contributed by atoms with E-state index in [0.717, 1.165) is 0 Å². The zero-order chi connectivity index (χ0) is 14.5. The van der Waals surface area contributed by atoms with Crippen molar-refractivity contribution >= 4 is 11.7 Å². The zero-order valence-electron chi connectivity index (χ0n) is 11.0. The Kier molecular flexibility index (Phi) is 4.10. The average Bonchev–Trinajstić information content (AvgIpc) is 2.46. The summed E-state index contributed by atoms with van der Waals surface area (Å²) < 4.78 is 5.10. The van der Waals surface area contributed by atoms with Gasteiger partial charge in [0.2, 0.25) is 0 Å². The number of carboxylic acids is 1. The number of nitrogens with one attached hydrogen (secondary N) is 1. The Morgan fingerprint density at radius 3 is 2.75 bits per heavy atom. The Morgan fingerprint density at radius 2 is 2.05 bits per heavy atom. The lowest BCUT2D eigenvalue weighted by molar-refractivity contribution is 0.0697. The van der Waals surface area contributed by atoms with Crippen LogP contribution < -0.4 is 10.1 Å². The van der Waals surface area contributed by atoms with Gasteiger partial charge in [0.15, 0.2) is 0 Å². The number of hydrogen-bond acceptors (Lipinski definition) is 4. The molecule has 5 nitrogen and oxygen atoms in total. The highest BCUT2D eigenvalue weighted by atomic mass is 16.5. The van der Waals surface area contributed by atoms with Crippen LogP contribution in [-0.2, 0) is 6.54 Å². The van der Waals surface area contributed by atoms with Crippen molar-refractivity contribution in [3.63, 3.8) is 0 Å². The molecule has 0 aliphatic carbocycles. The molecule has 0 aliphatic rings. The maximum absolute atomic E-state index is 10.9. The standard InChI is InChI=1S/C15H15NO4/c1-20-13-5-6-14(17)11(8-13)9-16-12-4-2-3-10(7-12)15(18)19/h2-8,16-17H,9H2,1H3,(H,18,19). The Hall–Kier alpha value is -2.69. The van der Waals surface area contributed by atoms with Gasteiger partial charge in [-0.15, -0.1) is 0 Å². The Morgan fingerprint density at radius 1 is 1.25 bits per heavy atom. The van der Waals surface area contributed by atoms with Crippen LogP contribution in [0, 0.1) is 0 Å². The molecule has 0 amide bonds. The molecule has 0 spiro atoms. The van der Waals surface area contributed by atoms with E-state index < -0.39 is 5.97 Å². The minimum absolute atomic E-state index is 0.160. The number of rotatable bonds is 5. The van der Waals surface area contributed by atoms with E-state index in [1.807, 2.05) is 0 Å². The molecule has 2 aromatic carbocycles. The van der Waals surface area contributed by atoms with Crippen LogP contribution in [0.1, 0.15) is 15.9 Å². The van der Waals surface area contributed by atoms with Gasteiger partial charge in [0, 0.05) is 17.8 Å². The van der Waals surface area contributed by atoms with E-state index in [4.69, 9.17) is 9.84 Å². The van der Waals surface area contributed by atoms with Crippen molar-refractivity contribution in [1.29, 1.82) is 0 Å². The molecule has 2 aromatic rings. The molecular formula is C15H15NO4. The Bertz CT molecular complexity index is 625. The maximum atomic E-state index is 10.9. The number of aromatic hydroxyl groups is 1. The van der Waals surface area contributed by atoms with Gasteiger partial charge in [0.25, 0.3) is 0 Å². The second kappa shape index (κ2) is 5.97. The monoisotopic (exact) mass is 273 g/mol. The molecule has 0 radical (unpaired) electrons. The minimum atomic E-state index is -0.974. The summed E-state index contributed by atoms with van der Waals surface area (Å²) in [6.45, 7) is 0.367. The number of aromatic carboxylic acids is 1. The third-order valence-corrected chi connectivity index (χ3v) is 2.88. The van der Waals surface area contributed by atoms with Gasteiger partial charge in [-0.2, -0.15) is 0 Å². The first-order valence-electron chi connectivity index (χ1n) is 6.03. The molecular weight excluding hydrogens is 258 g/mol. The SMILES string of the molecule is COc1ccc(O)c(CNc2cccc(C(=O)O)c2)c1. The first-order chi connectivity index (χ1) is 9.60. The molecule has 0 atom stereocenters. The highest BCUT2D eigenvalue weighted by Gasteiger charge is 2.05. The molecule has 5 heteroatoms. The summed E-state index contributed by atoms with van der Waals surface area (Å²) in [4.78, 5) is 10.9. The van der Waals surface area contributed by atoms with Crippen LogP contribution in [0.25, 0.3) is 0 Å². The minimum Gasteiger partial charge on any atom is -0.508 e. The molecule has 0 saturated heterocycles. The maximum Gasteiger partial charge on any atom is 0.335 e. The van der Waals surface area contributed by atoms with Gasteiger partial charge < -0.3 is 20.3 Å². The van der Waals surface area contributed by atoms with Gasteiger partial charge >= 0.3 is 5.97 Å². The number of phenols is 1. The van der Waals surface area contributed by atoms with Gasteiger partial charge in [-0.3, -0.25) is 0 Å². The molecule has 3 N–H and O–H groups in total. The average molecular weight is 273 g/mol. The highest BCUT2D eigenvalue weighted by Crippen LogP contribution is 2.24. The fourth-order valence-electron chi connectivity index (χ4n) is 1.79. The largest absolute Gasteiger partial charge is 0.508 e. The molecule has 0 aromatic heterocycles. The number of benzene rings is 2. The number of carbonyl (C=O) groups is 1. The topological polar surface area (TPSA) is 78.8 Å². The van der Waals surface area contributed by atoms with Crippen LogP contribution in [0.3, 0.4) is 0 Å². The van der Waals surface area contributed by atoms with Crippen molar-refractivity contribution in [3.05, 3.63) is 53.6 Å². The van der Waals surface area contributed by atoms with Crippen LogP contribution in [0.5, 0.6) is 11.5 Å². The number of hydrogen-bond donors (Lipinski definition) is 3. The Balaban J connectivity index is 2.12. The van der Waals surface area contributed by atoms with Crippen LogP contribution in [0.15, 0.2) is 42.5 Å². The molecule has 20 heavy (non-hydrogen) atoms. The van der Waals surface area contributed by atoms with Gasteiger partial charge in [0.1, 0.15) is 11.5 Å². The number of ether oxygens (including phenoxy) is 1. The van der Waals surface area contributed by atoms with E-state index in [1.54, 1.807) is 43.5 Å². The summed E-state index contributed by atoms with van der Waals surface area (Å²) in [6.07, 6.45) is 0. The summed E-state index contributed by atoms with van der Waals surface area (Å²) in [5, 5.41) is 21.8. The lowest BCUT2D eigenvalue weighted by Gasteiger charge is -2.10. The van der Waals surface area contributed by atoms with E-state index in [1.165, 1.54) is 6.07 Å². The molecule has 0 fully saturated rings. The predicted octanol–water partition coefficient (Wildman–Crippen LogP) is 2.71. The fourth-order valence-corrected chi connectivity index (χ4v) is 1.79. The van der Waals surface area contributed by atoms with E-state index in [0.29, 0.717) is 23.5 Å². The zero-order valence-corrected chi connectivity index (χ0v) is 11.0. The van der Waals surface area contributed by atoms with Crippen LogP contribution in [0.2, 0.25) is 0 Å². The summed E-state index contributed by atoms with van der Waals surface area (Å²) in [7, 11) is 1.56.